The lowest BCUT2D eigenvalue weighted by Gasteiger charge is -2.10. The molecule has 3 rings (SSSR count). The predicted octanol–water partition coefficient (Wildman–Crippen LogP) is 3.98. The summed E-state index contributed by atoms with van der Waals surface area (Å²) in [6.07, 6.45) is 4.45. The molecule has 8 nitrogen and oxygen atoms in total. The van der Waals surface area contributed by atoms with Crippen LogP contribution < -0.4 is 21.3 Å². The second kappa shape index (κ2) is 11.3. The number of aryl methyl sites for hydroxylation is 1. The molecular weight excluding hydrogens is 375 g/mol. The van der Waals surface area contributed by atoms with Crippen LogP contribution in [0.15, 0.2) is 54.9 Å². The standard InChI is InChI=1S/C12H13N5O.C8H10FNO.2H2/c1-8-4-10(2-3-14-8)16-11-7-15-12(17-18)5-9(11)6-13;9-7-3-1-2-4-8(7)11-6-5-10;;/h2-7,13,18H,1H3,(H,14,16)(H,15,17);1-4H,5-6,10H2;2*1H. The van der Waals surface area contributed by atoms with Gasteiger partial charge in [0, 0.05) is 38.8 Å². The number of para-hydroxylation sites is 1. The summed E-state index contributed by atoms with van der Waals surface area (Å²) in [5.74, 6) is 0.212. The van der Waals surface area contributed by atoms with Gasteiger partial charge in [0.15, 0.2) is 11.6 Å². The van der Waals surface area contributed by atoms with Gasteiger partial charge in [0.05, 0.1) is 11.9 Å². The van der Waals surface area contributed by atoms with E-state index in [2.05, 4.69) is 15.3 Å². The number of halogens is 1. The average molecular weight is 402 g/mol. The maximum atomic E-state index is 12.7. The summed E-state index contributed by atoms with van der Waals surface area (Å²) in [5.41, 5.74) is 10.2. The van der Waals surface area contributed by atoms with Gasteiger partial charge in [-0.05, 0) is 37.3 Å². The summed E-state index contributed by atoms with van der Waals surface area (Å²) in [7, 11) is 0. The van der Waals surface area contributed by atoms with E-state index in [0.29, 0.717) is 30.2 Å². The van der Waals surface area contributed by atoms with E-state index in [9.17, 15) is 4.39 Å². The number of ether oxygens (including phenoxy) is 1. The third-order valence-corrected chi connectivity index (χ3v) is 3.59. The fourth-order valence-corrected chi connectivity index (χ4v) is 2.27. The van der Waals surface area contributed by atoms with Crippen molar-refractivity contribution in [2.75, 3.05) is 23.9 Å². The Morgan fingerprint density at radius 2 is 2.07 bits per heavy atom. The highest BCUT2D eigenvalue weighted by Crippen LogP contribution is 2.21. The van der Waals surface area contributed by atoms with Gasteiger partial charge in [0.2, 0.25) is 0 Å². The number of nitrogens with zero attached hydrogens (tertiary/aromatic N) is 2. The van der Waals surface area contributed by atoms with Crippen LogP contribution in [0.25, 0.3) is 0 Å². The highest BCUT2D eigenvalue weighted by atomic mass is 19.1. The lowest BCUT2D eigenvalue weighted by atomic mass is 10.2. The third-order valence-electron chi connectivity index (χ3n) is 3.59. The highest BCUT2D eigenvalue weighted by molar-refractivity contribution is 5.88. The number of hydrogen-bond acceptors (Lipinski definition) is 8. The van der Waals surface area contributed by atoms with Gasteiger partial charge < -0.3 is 21.2 Å². The van der Waals surface area contributed by atoms with Crippen LogP contribution in [-0.2, 0) is 0 Å². The first-order valence-corrected chi connectivity index (χ1v) is 8.75. The molecular formula is C20H27FN6O2. The molecule has 0 saturated carbocycles. The summed E-state index contributed by atoms with van der Waals surface area (Å²) in [6.45, 7) is 2.65. The molecule has 6 N–H and O–H groups in total. The van der Waals surface area contributed by atoms with Crippen molar-refractivity contribution >= 4 is 23.4 Å². The molecule has 156 valence electrons. The minimum Gasteiger partial charge on any atom is -0.489 e. The molecule has 1 aromatic carbocycles. The Balaban J connectivity index is 0.000000603. The summed E-state index contributed by atoms with van der Waals surface area (Å²) in [5, 5.41) is 19.3. The topological polar surface area (TPSA) is 129 Å². The third kappa shape index (κ3) is 6.83. The zero-order valence-electron chi connectivity index (χ0n) is 15.9. The molecule has 0 bridgehead atoms. The van der Waals surface area contributed by atoms with Crippen LogP contribution in [0.1, 0.15) is 14.1 Å². The van der Waals surface area contributed by atoms with Gasteiger partial charge >= 0.3 is 0 Å². The van der Waals surface area contributed by atoms with Crippen molar-refractivity contribution in [3.63, 3.8) is 0 Å². The number of hydrogen-bond donors (Lipinski definition) is 5. The van der Waals surface area contributed by atoms with Gasteiger partial charge in [-0.15, -0.1) is 0 Å². The van der Waals surface area contributed by atoms with Gasteiger partial charge in [-0.25, -0.2) is 9.37 Å². The lowest BCUT2D eigenvalue weighted by molar-refractivity contribution is 0.311. The predicted molar refractivity (Wildman–Crippen MR) is 115 cm³/mol. The molecule has 2 heterocycles. The van der Waals surface area contributed by atoms with E-state index < -0.39 is 0 Å². The minimum absolute atomic E-state index is 0. The Morgan fingerprint density at radius 3 is 2.72 bits per heavy atom. The maximum absolute atomic E-state index is 12.7. The fourth-order valence-electron chi connectivity index (χ4n) is 2.27. The highest BCUT2D eigenvalue weighted by Gasteiger charge is 2.04. The molecule has 3 aromatic rings. The Morgan fingerprint density at radius 1 is 1.28 bits per heavy atom. The van der Waals surface area contributed by atoms with E-state index in [1.165, 1.54) is 12.3 Å². The molecule has 0 radical (unpaired) electrons. The Bertz CT molecular complexity index is 949. The molecule has 29 heavy (non-hydrogen) atoms. The molecule has 0 fully saturated rings. The molecule has 0 aliphatic heterocycles. The van der Waals surface area contributed by atoms with Crippen molar-refractivity contribution in [2.24, 2.45) is 5.73 Å². The zero-order chi connectivity index (χ0) is 21.1. The Hall–Kier alpha value is -3.56. The smallest absolute Gasteiger partial charge is 0.165 e. The summed E-state index contributed by atoms with van der Waals surface area (Å²) >= 11 is 0. The van der Waals surface area contributed by atoms with E-state index in [1.54, 1.807) is 36.7 Å². The quantitative estimate of drug-likeness (QED) is 0.298. The molecule has 9 heteroatoms. The average Bonchev–Trinajstić information content (AvgIpc) is 2.74. The number of nitrogens with one attached hydrogen (secondary N) is 3. The van der Waals surface area contributed by atoms with Crippen molar-refractivity contribution in [2.45, 2.75) is 6.92 Å². The van der Waals surface area contributed by atoms with Crippen LogP contribution in [-0.4, -0.2) is 34.5 Å². The first-order chi connectivity index (χ1) is 14.1. The summed E-state index contributed by atoms with van der Waals surface area (Å²) in [4.78, 5) is 8.09. The van der Waals surface area contributed by atoms with Crippen LogP contribution in [0.2, 0.25) is 0 Å². The molecule has 0 atom stereocenters. The van der Waals surface area contributed by atoms with Crippen molar-refractivity contribution in [3.05, 3.63) is 71.9 Å². The van der Waals surface area contributed by atoms with Crippen LogP contribution >= 0.6 is 0 Å². The van der Waals surface area contributed by atoms with Gasteiger partial charge in [-0.2, -0.15) is 0 Å². The first-order valence-electron chi connectivity index (χ1n) is 8.75. The Kier molecular flexibility index (Phi) is 8.49. The van der Waals surface area contributed by atoms with Gasteiger partial charge in [-0.1, -0.05) is 12.1 Å². The van der Waals surface area contributed by atoms with Gasteiger partial charge in [0.1, 0.15) is 12.4 Å². The van der Waals surface area contributed by atoms with Crippen molar-refractivity contribution < 1.29 is 17.2 Å². The number of pyridine rings is 2. The number of aromatic nitrogens is 2. The zero-order valence-corrected chi connectivity index (χ0v) is 15.9. The second-order valence-electron chi connectivity index (χ2n) is 5.79. The fraction of sp³-hybridized carbons (Fsp3) is 0.150. The molecule has 0 unspecified atom stereocenters. The Labute approximate surface area is 171 Å². The molecule has 0 amide bonds. The number of benzene rings is 1. The van der Waals surface area contributed by atoms with E-state index in [4.69, 9.17) is 21.1 Å². The van der Waals surface area contributed by atoms with Gasteiger partial charge in [-0.3, -0.25) is 15.7 Å². The van der Waals surface area contributed by atoms with E-state index >= 15 is 0 Å². The first kappa shape index (κ1) is 21.7. The lowest BCUT2D eigenvalue weighted by Crippen LogP contribution is -2.11. The van der Waals surface area contributed by atoms with Crippen molar-refractivity contribution in [1.82, 2.24) is 9.97 Å². The van der Waals surface area contributed by atoms with Crippen LogP contribution in [0.3, 0.4) is 0 Å². The van der Waals surface area contributed by atoms with E-state index in [0.717, 1.165) is 11.4 Å². The summed E-state index contributed by atoms with van der Waals surface area (Å²) in [6, 6.07) is 11.6. The number of rotatable bonds is 7. The van der Waals surface area contributed by atoms with E-state index in [1.807, 2.05) is 24.5 Å². The normalized spacial score (nSPS) is 9.79. The largest absolute Gasteiger partial charge is 0.489 e. The molecule has 0 saturated heterocycles. The number of anilines is 3. The SMILES string of the molecule is Cc1cc(Nc2cnc(NO)cc2C=N)ccn1.NCCOc1ccccc1F.[HH].[HH]. The van der Waals surface area contributed by atoms with Crippen molar-refractivity contribution in [3.8, 4) is 5.75 Å². The minimum atomic E-state index is -0.346. The molecule has 0 spiro atoms. The molecule has 0 aliphatic carbocycles. The summed E-state index contributed by atoms with van der Waals surface area (Å²) < 4.78 is 17.7. The van der Waals surface area contributed by atoms with Crippen LogP contribution in [0.5, 0.6) is 5.75 Å². The number of nitrogens with two attached hydrogens (primary N) is 1. The molecule has 2 aromatic heterocycles. The maximum Gasteiger partial charge on any atom is 0.165 e. The second-order valence-corrected chi connectivity index (χ2v) is 5.79. The molecule has 0 aliphatic rings. The van der Waals surface area contributed by atoms with Crippen LogP contribution in [0, 0.1) is 18.2 Å². The van der Waals surface area contributed by atoms with Crippen molar-refractivity contribution in [1.29, 1.82) is 5.41 Å². The monoisotopic (exact) mass is 402 g/mol. The van der Waals surface area contributed by atoms with E-state index in [-0.39, 0.29) is 14.4 Å². The van der Waals surface area contributed by atoms with Gasteiger partial charge in [0.25, 0.3) is 0 Å². The van der Waals surface area contributed by atoms with Crippen LogP contribution in [0.4, 0.5) is 21.6 Å².